The average Bonchev–Trinajstić information content (AvgIpc) is 2.37. The minimum absolute atomic E-state index is 0.0975. The van der Waals surface area contributed by atoms with Gasteiger partial charge in [-0.3, -0.25) is 0 Å². The van der Waals surface area contributed by atoms with Gasteiger partial charge in [0.1, 0.15) is 11.0 Å². The van der Waals surface area contributed by atoms with Crippen LogP contribution in [0.3, 0.4) is 0 Å². The molecule has 2 rings (SSSR count). The summed E-state index contributed by atoms with van der Waals surface area (Å²) in [6, 6.07) is 2.85. The molecule has 0 saturated carbocycles. The first-order chi connectivity index (χ1) is 9.05. The standard InChI is InChI=1S/C12H11ClF2N2O2/c1-3-10-16-7-5-8(18-2)9(19-12(14)15)4-6(7)11(13)17-10/h4-5,12H,3H2,1-2H3. The van der Waals surface area contributed by atoms with Gasteiger partial charge >= 0.3 is 6.61 Å². The van der Waals surface area contributed by atoms with Crippen LogP contribution >= 0.6 is 11.6 Å². The third-order valence-electron chi connectivity index (χ3n) is 2.51. The van der Waals surface area contributed by atoms with Crippen molar-refractivity contribution < 1.29 is 18.3 Å². The molecule has 1 heterocycles. The molecule has 102 valence electrons. The van der Waals surface area contributed by atoms with Crippen molar-refractivity contribution in [1.82, 2.24) is 9.97 Å². The first-order valence-corrected chi connectivity index (χ1v) is 5.92. The van der Waals surface area contributed by atoms with E-state index < -0.39 is 6.61 Å². The number of hydrogen-bond donors (Lipinski definition) is 0. The normalized spacial score (nSPS) is 11.1. The summed E-state index contributed by atoms with van der Waals surface area (Å²) in [7, 11) is 1.36. The maximum absolute atomic E-state index is 12.3. The second kappa shape index (κ2) is 5.52. The van der Waals surface area contributed by atoms with Crippen molar-refractivity contribution >= 4 is 22.5 Å². The number of rotatable bonds is 4. The third kappa shape index (κ3) is 2.84. The molecule has 0 N–H and O–H groups in total. The van der Waals surface area contributed by atoms with E-state index in [1.54, 1.807) is 0 Å². The Bertz CT molecular complexity index is 608. The largest absolute Gasteiger partial charge is 0.493 e. The second-order valence-electron chi connectivity index (χ2n) is 3.68. The number of methoxy groups -OCH3 is 1. The van der Waals surface area contributed by atoms with E-state index in [-0.39, 0.29) is 16.7 Å². The number of benzene rings is 1. The number of alkyl halides is 2. The molecule has 7 heteroatoms. The minimum Gasteiger partial charge on any atom is -0.493 e. The Kier molecular flexibility index (Phi) is 3.99. The van der Waals surface area contributed by atoms with Gasteiger partial charge in [-0.25, -0.2) is 9.97 Å². The van der Waals surface area contributed by atoms with Crippen LogP contribution in [0.5, 0.6) is 11.5 Å². The molecular formula is C12H11ClF2N2O2. The highest BCUT2D eigenvalue weighted by Gasteiger charge is 2.15. The van der Waals surface area contributed by atoms with Crippen LogP contribution in [0, 0.1) is 0 Å². The zero-order chi connectivity index (χ0) is 14.0. The summed E-state index contributed by atoms with van der Waals surface area (Å²) >= 11 is 6.01. The maximum Gasteiger partial charge on any atom is 0.387 e. The van der Waals surface area contributed by atoms with Crippen molar-refractivity contribution in [3.63, 3.8) is 0 Å². The lowest BCUT2D eigenvalue weighted by Crippen LogP contribution is -2.04. The number of fused-ring (bicyclic) bond motifs is 1. The Morgan fingerprint density at radius 3 is 2.58 bits per heavy atom. The van der Waals surface area contributed by atoms with E-state index in [9.17, 15) is 8.78 Å². The van der Waals surface area contributed by atoms with Crippen molar-refractivity contribution in [2.75, 3.05) is 7.11 Å². The van der Waals surface area contributed by atoms with Crippen molar-refractivity contribution in [1.29, 1.82) is 0 Å². The van der Waals surface area contributed by atoms with Crippen LogP contribution in [0.2, 0.25) is 5.15 Å². The Balaban J connectivity index is 2.63. The molecule has 0 fully saturated rings. The lowest BCUT2D eigenvalue weighted by molar-refractivity contribution is -0.0511. The van der Waals surface area contributed by atoms with Gasteiger partial charge in [0.2, 0.25) is 0 Å². The van der Waals surface area contributed by atoms with Crippen molar-refractivity contribution in [2.45, 2.75) is 20.0 Å². The number of hydrogen-bond acceptors (Lipinski definition) is 4. The minimum atomic E-state index is -2.94. The number of aromatic nitrogens is 2. The molecule has 1 aromatic carbocycles. The highest BCUT2D eigenvalue weighted by Crippen LogP contribution is 2.34. The zero-order valence-electron chi connectivity index (χ0n) is 10.3. The van der Waals surface area contributed by atoms with Gasteiger partial charge in [0, 0.05) is 17.9 Å². The highest BCUT2D eigenvalue weighted by molar-refractivity contribution is 6.34. The van der Waals surface area contributed by atoms with Crippen molar-refractivity contribution in [3.8, 4) is 11.5 Å². The maximum atomic E-state index is 12.3. The number of halogens is 3. The summed E-state index contributed by atoms with van der Waals surface area (Å²) in [6.45, 7) is -1.05. The molecule has 1 aromatic heterocycles. The first-order valence-electron chi connectivity index (χ1n) is 5.54. The van der Waals surface area contributed by atoms with Gasteiger partial charge in [-0.1, -0.05) is 18.5 Å². The fourth-order valence-electron chi connectivity index (χ4n) is 1.65. The summed E-state index contributed by atoms with van der Waals surface area (Å²) < 4.78 is 34.0. The molecule has 4 nitrogen and oxygen atoms in total. The smallest absolute Gasteiger partial charge is 0.387 e. The van der Waals surface area contributed by atoms with Crippen LogP contribution in [-0.2, 0) is 6.42 Å². The Morgan fingerprint density at radius 2 is 2.00 bits per heavy atom. The molecule has 0 aliphatic carbocycles. The molecule has 0 aliphatic rings. The van der Waals surface area contributed by atoms with E-state index in [2.05, 4.69) is 14.7 Å². The van der Waals surface area contributed by atoms with E-state index in [1.807, 2.05) is 6.92 Å². The van der Waals surface area contributed by atoms with Crippen molar-refractivity contribution in [3.05, 3.63) is 23.1 Å². The SMILES string of the molecule is CCc1nc(Cl)c2cc(OC(F)F)c(OC)cc2n1. The van der Waals surface area contributed by atoms with E-state index >= 15 is 0 Å². The van der Waals surface area contributed by atoms with Crippen LogP contribution < -0.4 is 9.47 Å². The summed E-state index contributed by atoms with van der Waals surface area (Å²) in [5, 5.41) is 0.638. The van der Waals surface area contributed by atoms with Gasteiger partial charge in [-0.05, 0) is 6.07 Å². The number of aryl methyl sites for hydroxylation is 1. The van der Waals surface area contributed by atoms with Crippen LogP contribution in [-0.4, -0.2) is 23.7 Å². The average molecular weight is 289 g/mol. The topological polar surface area (TPSA) is 44.2 Å². The van der Waals surface area contributed by atoms with Gasteiger partial charge in [-0.15, -0.1) is 0 Å². The first kappa shape index (κ1) is 13.7. The summed E-state index contributed by atoms with van der Waals surface area (Å²) in [5.41, 5.74) is 0.523. The molecule has 0 saturated heterocycles. The predicted molar refractivity (Wildman–Crippen MR) is 67.1 cm³/mol. The van der Waals surface area contributed by atoms with E-state index in [4.69, 9.17) is 16.3 Å². The highest BCUT2D eigenvalue weighted by atomic mass is 35.5. The Hall–Kier alpha value is -1.69. The number of nitrogens with zero attached hydrogens (tertiary/aromatic N) is 2. The molecule has 0 spiro atoms. The molecule has 0 atom stereocenters. The fraction of sp³-hybridized carbons (Fsp3) is 0.333. The third-order valence-corrected chi connectivity index (χ3v) is 2.80. The lowest BCUT2D eigenvalue weighted by atomic mass is 10.2. The molecule has 2 aromatic rings. The van der Waals surface area contributed by atoms with E-state index in [1.165, 1.54) is 19.2 Å². The van der Waals surface area contributed by atoms with Gasteiger partial charge in [0.15, 0.2) is 11.5 Å². The van der Waals surface area contributed by atoms with Gasteiger partial charge in [0.25, 0.3) is 0 Å². The Morgan fingerprint density at radius 1 is 1.26 bits per heavy atom. The van der Waals surface area contributed by atoms with Gasteiger partial charge in [-0.2, -0.15) is 8.78 Å². The molecule has 19 heavy (non-hydrogen) atoms. The second-order valence-corrected chi connectivity index (χ2v) is 4.04. The summed E-state index contributed by atoms with van der Waals surface area (Å²) in [5.74, 6) is 0.645. The molecular weight excluding hydrogens is 278 g/mol. The molecule has 0 bridgehead atoms. The lowest BCUT2D eigenvalue weighted by Gasteiger charge is -2.11. The Labute approximate surface area is 113 Å². The summed E-state index contributed by atoms with van der Waals surface area (Å²) in [4.78, 5) is 8.33. The van der Waals surface area contributed by atoms with Crippen LogP contribution in [0.4, 0.5) is 8.78 Å². The van der Waals surface area contributed by atoms with Crippen molar-refractivity contribution in [2.24, 2.45) is 0 Å². The zero-order valence-corrected chi connectivity index (χ0v) is 11.0. The molecule has 0 aliphatic heterocycles. The van der Waals surface area contributed by atoms with Crippen LogP contribution in [0.1, 0.15) is 12.7 Å². The predicted octanol–water partition coefficient (Wildman–Crippen LogP) is 3.46. The van der Waals surface area contributed by atoms with Crippen LogP contribution in [0.25, 0.3) is 10.9 Å². The summed E-state index contributed by atoms with van der Waals surface area (Å²) in [6.07, 6.45) is 0.618. The number of ether oxygens (including phenoxy) is 2. The van der Waals surface area contributed by atoms with Gasteiger partial charge < -0.3 is 9.47 Å². The monoisotopic (exact) mass is 288 g/mol. The molecule has 0 radical (unpaired) electrons. The quantitative estimate of drug-likeness (QED) is 0.808. The van der Waals surface area contributed by atoms with E-state index in [0.29, 0.717) is 23.1 Å². The van der Waals surface area contributed by atoms with Crippen LogP contribution in [0.15, 0.2) is 12.1 Å². The molecule has 0 amide bonds. The van der Waals surface area contributed by atoms with Gasteiger partial charge in [0.05, 0.1) is 12.6 Å². The van der Waals surface area contributed by atoms with E-state index in [0.717, 1.165) is 0 Å². The fourth-order valence-corrected chi connectivity index (χ4v) is 1.90. The molecule has 0 unspecified atom stereocenters.